The van der Waals surface area contributed by atoms with E-state index in [1.165, 1.54) is 12.1 Å². The number of pyridine rings is 1. The van der Waals surface area contributed by atoms with Gasteiger partial charge in [0, 0.05) is 29.4 Å². The Hall–Kier alpha value is -3.88. The third kappa shape index (κ3) is 3.49. The minimum Gasteiger partial charge on any atom is -0.482 e. The maximum Gasteiger partial charge on any atom is 0.238 e. The number of benzene rings is 1. The average molecular weight is 449 g/mol. The van der Waals surface area contributed by atoms with Gasteiger partial charge in [0.2, 0.25) is 5.88 Å². The zero-order chi connectivity index (χ0) is 23.3. The van der Waals surface area contributed by atoms with Crippen molar-refractivity contribution < 1.29 is 13.9 Å². The Morgan fingerprint density at radius 3 is 2.82 bits per heavy atom. The van der Waals surface area contributed by atoms with Gasteiger partial charge in [0.25, 0.3) is 0 Å². The molecule has 8 nitrogen and oxygen atoms in total. The van der Waals surface area contributed by atoms with Gasteiger partial charge in [0.15, 0.2) is 11.6 Å². The van der Waals surface area contributed by atoms with Crippen LogP contribution in [0.25, 0.3) is 22.5 Å². The monoisotopic (exact) mass is 448 g/mol. The first-order valence-corrected chi connectivity index (χ1v) is 10.8. The molecule has 4 aromatic rings. The van der Waals surface area contributed by atoms with Gasteiger partial charge in [-0.15, -0.1) is 5.10 Å². The Kier molecular flexibility index (Phi) is 5.03. The summed E-state index contributed by atoms with van der Waals surface area (Å²) in [4.78, 5) is 4.37. The summed E-state index contributed by atoms with van der Waals surface area (Å²) in [6.45, 7) is 6.86. The number of ether oxygens (including phenoxy) is 2. The number of methoxy groups -OCH3 is 1. The van der Waals surface area contributed by atoms with Gasteiger partial charge in [-0.3, -0.25) is 9.36 Å². The van der Waals surface area contributed by atoms with E-state index in [0.29, 0.717) is 30.3 Å². The molecule has 5 rings (SSSR count). The smallest absolute Gasteiger partial charge is 0.238 e. The van der Waals surface area contributed by atoms with Crippen molar-refractivity contribution in [2.24, 2.45) is 0 Å². The van der Waals surface area contributed by atoms with E-state index in [1.54, 1.807) is 19.4 Å². The summed E-state index contributed by atoms with van der Waals surface area (Å²) >= 11 is 0. The van der Waals surface area contributed by atoms with Crippen molar-refractivity contribution in [3.05, 3.63) is 59.2 Å². The first kappa shape index (κ1) is 21.0. The quantitative estimate of drug-likeness (QED) is 0.490. The highest BCUT2D eigenvalue weighted by Gasteiger charge is 2.26. The molecule has 9 heteroatoms. The molecular formula is C24H25FN6O2. The number of fused-ring (bicyclic) bond motifs is 7. The highest BCUT2D eigenvalue weighted by molar-refractivity contribution is 5.71. The first-order chi connectivity index (χ1) is 15.9. The van der Waals surface area contributed by atoms with Gasteiger partial charge < -0.3 is 15.2 Å². The fourth-order valence-corrected chi connectivity index (χ4v) is 4.40. The van der Waals surface area contributed by atoms with Gasteiger partial charge in [-0.05, 0) is 51.1 Å². The summed E-state index contributed by atoms with van der Waals surface area (Å²) in [5, 5.41) is 9.38. The highest BCUT2D eigenvalue weighted by Crippen LogP contribution is 2.39. The van der Waals surface area contributed by atoms with Crippen molar-refractivity contribution in [2.75, 3.05) is 12.8 Å². The van der Waals surface area contributed by atoms with Crippen LogP contribution in [0.1, 0.15) is 36.8 Å². The maximum absolute atomic E-state index is 14.3. The molecule has 0 radical (unpaired) electrons. The van der Waals surface area contributed by atoms with Crippen molar-refractivity contribution in [2.45, 2.75) is 40.0 Å². The van der Waals surface area contributed by atoms with Gasteiger partial charge in [0.05, 0.1) is 36.3 Å². The van der Waals surface area contributed by atoms with Crippen LogP contribution in [0.2, 0.25) is 0 Å². The van der Waals surface area contributed by atoms with Crippen LogP contribution in [0.15, 0.2) is 36.5 Å². The minimum absolute atomic E-state index is 0.262. The molecule has 1 aliphatic rings. The van der Waals surface area contributed by atoms with Crippen LogP contribution in [0, 0.1) is 12.7 Å². The number of aryl methyl sites for hydroxylation is 2. The van der Waals surface area contributed by atoms with Crippen molar-refractivity contribution in [1.82, 2.24) is 24.5 Å². The highest BCUT2D eigenvalue weighted by atomic mass is 19.1. The predicted octanol–water partition coefficient (Wildman–Crippen LogP) is 4.37. The Labute approximate surface area is 190 Å². The summed E-state index contributed by atoms with van der Waals surface area (Å²) in [7, 11) is 1.60. The Bertz CT molecular complexity index is 1360. The van der Waals surface area contributed by atoms with Crippen LogP contribution in [0.3, 0.4) is 0 Å². The van der Waals surface area contributed by atoms with Gasteiger partial charge in [0.1, 0.15) is 11.9 Å². The maximum atomic E-state index is 14.3. The molecule has 170 valence electrons. The first-order valence-electron chi connectivity index (χ1n) is 10.8. The van der Waals surface area contributed by atoms with Gasteiger partial charge in [-0.1, -0.05) is 0 Å². The number of hydrogen-bond donors (Lipinski definition) is 1. The molecular weight excluding hydrogens is 423 g/mol. The lowest BCUT2D eigenvalue weighted by atomic mass is 9.99. The molecule has 0 aliphatic carbocycles. The van der Waals surface area contributed by atoms with Crippen LogP contribution in [0.4, 0.5) is 10.2 Å². The van der Waals surface area contributed by atoms with Crippen molar-refractivity contribution in [1.29, 1.82) is 0 Å². The molecule has 33 heavy (non-hydrogen) atoms. The number of hydrogen-bond acceptors (Lipinski definition) is 6. The average Bonchev–Trinajstić information content (AvgIpc) is 3.34. The molecule has 1 aliphatic heterocycles. The fraction of sp³-hybridized carbons (Fsp3) is 0.292. The second kappa shape index (κ2) is 7.91. The number of nitrogens with two attached hydrogens (primary N) is 1. The predicted molar refractivity (Wildman–Crippen MR) is 123 cm³/mol. The van der Waals surface area contributed by atoms with Gasteiger partial charge in [-0.25, -0.2) is 9.37 Å². The number of rotatable bonds is 2. The lowest BCUT2D eigenvalue weighted by molar-refractivity contribution is 0.227. The molecule has 2 bridgehead atoms. The van der Waals surface area contributed by atoms with Crippen LogP contribution in [-0.4, -0.2) is 31.7 Å². The number of nitrogen functional groups attached to an aromatic ring is 1. The molecule has 0 saturated heterocycles. The summed E-state index contributed by atoms with van der Waals surface area (Å²) < 4.78 is 30.0. The lowest BCUT2D eigenvalue weighted by Crippen LogP contribution is -2.12. The van der Waals surface area contributed by atoms with Crippen LogP contribution in [-0.2, 0) is 13.1 Å². The Morgan fingerprint density at radius 2 is 2.06 bits per heavy atom. The van der Waals surface area contributed by atoms with E-state index in [-0.39, 0.29) is 11.6 Å². The number of nitrogens with zero attached hydrogens (tertiary/aromatic N) is 5. The van der Waals surface area contributed by atoms with Crippen LogP contribution < -0.4 is 15.2 Å². The van der Waals surface area contributed by atoms with Crippen molar-refractivity contribution >= 4 is 5.82 Å². The van der Waals surface area contributed by atoms with E-state index in [0.717, 1.165) is 33.8 Å². The molecule has 3 aromatic heterocycles. The summed E-state index contributed by atoms with van der Waals surface area (Å²) in [5.74, 6) is 0.855. The van der Waals surface area contributed by atoms with E-state index in [1.807, 2.05) is 42.3 Å². The Morgan fingerprint density at radius 1 is 1.24 bits per heavy atom. The molecule has 4 heterocycles. The van der Waals surface area contributed by atoms with Crippen molar-refractivity contribution in [3.63, 3.8) is 0 Å². The molecule has 1 aromatic carbocycles. The molecule has 0 saturated carbocycles. The zero-order valence-electron chi connectivity index (χ0n) is 19.0. The zero-order valence-corrected chi connectivity index (χ0v) is 19.0. The van der Waals surface area contributed by atoms with E-state index >= 15 is 0 Å². The van der Waals surface area contributed by atoms with E-state index in [2.05, 4.69) is 10.1 Å². The lowest BCUT2D eigenvalue weighted by Gasteiger charge is -2.21. The Balaban J connectivity index is 1.84. The van der Waals surface area contributed by atoms with E-state index < -0.39 is 6.10 Å². The standard InChI is InChI=1S/C24H25FN6O2/c1-5-30-22-15-9-21(23(26)27-11-15)33-14(3)18-10-16(25)6-7-17(18)20-8-13(2)28-31(20)12-19(22)24(29-30)32-4/h6-11,14H,5,12H2,1-4H3,(H2,26,27). The molecule has 0 spiro atoms. The normalized spacial score (nSPS) is 14.9. The second-order valence-corrected chi connectivity index (χ2v) is 8.08. The molecule has 0 amide bonds. The van der Waals surface area contributed by atoms with Crippen LogP contribution >= 0.6 is 0 Å². The largest absolute Gasteiger partial charge is 0.482 e. The number of aromatic nitrogens is 5. The molecule has 1 unspecified atom stereocenters. The molecule has 1 atom stereocenters. The third-order valence-electron chi connectivity index (χ3n) is 5.90. The van der Waals surface area contributed by atoms with E-state index in [4.69, 9.17) is 20.3 Å². The number of halogens is 1. The van der Waals surface area contributed by atoms with Crippen molar-refractivity contribution in [3.8, 4) is 34.1 Å². The fourth-order valence-electron chi connectivity index (χ4n) is 4.40. The number of anilines is 1. The molecule has 0 fully saturated rings. The summed E-state index contributed by atoms with van der Waals surface area (Å²) in [5.41, 5.74) is 11.9. The topological polar surface area (TPSA) is 93.0 Å². The minimum atomic E-state index is -0.483. The second-order valence-electron chi connectivity index (χ2n) is 8.08. The summed E-state index contributed by atoms with van der Waals surface area (Å²) in [6.07, 6.45) is 1.22. The van der Waals surface area contributed by atoms with Gasteiger partial charge >= 0.3 is 0 Å². The van der Waals surface area contributed by atoms with Gasteiger partial charge in [-0.2, -0.15) is 5.10 Å². The third-order valence-corrected chi connectivity index (χ3v) is 5.90. The molecule has 2 N–H and O–H groups in total. The van der Waals surface area contributed by atoms with Crippen LogP contribution in [0.5, 0.6) is 11.6 Å². The SMILES string of the molecule is CCn1nc(OC)c2c1-c1cnc(N)c(c1)OC(C)c1cc(F)ccc1-c1cc(C)nn1C2. The van der Waals surface area contributed by atoms with E-state index in [9.17, 15) is 4.39 Å². The summed E-state index contributed by atoms with van der Waals surface area (Å²) in [6, 6.07) is 8.53.